The molecule has 1 N–H and O–H groups in total. The van der Waals surface area contributed by atoms with Gasteiger partial charge in [0.05, 0.1) is 6.61 Å². The summed E-state index contributed by atoms with van der Waals surface area (Å²) in [6.07, 6.45) is 24.3. The van der Waals surface area contributed by atoms with Crippen molar-refractivity contribution in [2.75, 3.05) is 19.7 Å². The third kappa shape index (κ3) is 11.0. The lowest BCUT2D eigenvalue weighted by Crippen LogP contribution is -2.32. The molecule has 140 valence electrons. The molecule has 0 aromatic carbocycles. The second-order valence-corrected chi connectivity index (χ2v) is 7.05. The monoisotopic (exact) mass is 336 g/mol. The lowest BCUT2D eigenvalue weighted by atomic mass is 10.1. The smallest absolute Gasteiger partial charge is 0.102 e. The number of allylic oxidation sites excluding steroid dienone is 2. The lowest BCUT2D eigenvalue weighted by molar-refractivity contribution is 0.176. The van der Waals surface area contributed by atoms with Gasteiger partial charge in [0.25, 0.3) is 0 Å². The third-order valence-corrected chi connectivity index (χ3v) is 4.88. The van der Waals surface area contributed by atoms with E-state index in [9.17, 15) is 0 Å². The van der Waals surface area contributed by atoms with Crippen LogP contribution in [0.15, 0.2) is 17.1 Å². The van der Waals surface area contributed by atoms with Crippen molar-refractivity contribution in [1.29, 1.82) is 0 Å². The number of nitrogens with zero attached hydrogens (tertiary/aromatic N) is 2. The van der Waals surface area contributed by atoms with E-state index in [1.165, 1.54) is 77.0 Å². The number of β-amino-alcohol motifs (C(OH)–C–C–N with tert-alkyl or cyclic N) is 1. The normalized spacial score (nSPS) is 18.2. The van der Waals surface area contributed by atoms with Crippen LogP contribution in [0.1, 0.15) is 90.4 Å². The van der Waals surface area contributed by atoms with E-state index in [1.54, 1.807) is 0 Å². The van der Waals surface area contributed by atoms with Crippen LogP contribution in [0, 0.1) is 0 Å². The van der Waals surface area contributed by atoms with E-state index in [1.807, 2.05) is 6.21 Å². The molecule has 1 heterocycles. The van der Waals surface area contributed by atoms with Crippen molar-refractivity contribution >= 4 is 6.21 Å². The number of unbranched alkanes of at least 4 members (excludes halogenated alkanes) is 10. The van der Waals surface area contributed by atoms with Gasteiger partial charge in [-0.25, -0.2) is 0 Å². The number of hydrogen-bond acceptors (Lipinski definition) is 3. The Balaban J connectivity index is 1.81. The number of aliphatic imine (C=N–C) groups is 1. The predicted molar refractivity (Wildman–Crippen MR) is 106 cm³/mol. The first-order valence-corrected chi connectivity index (χ1v) is 10.4. The van der Waals surface area contributed by atoms with Crippen LogP contribution >= 0.6 is 0 Å². The third-order valence-electron chi connectivity index (χ3n) is 4.88. The molecule has 0 saturated heterocycles. The lowest BCUT2D eigenvalue weighted by Gasteiger charge is -2.21. The van der Waals surface area contributed by atoms with E-state index >= 15 is 0 Å². The van der Waals surface area contributed by atoms with E-state index in [0.717, 1.165) is 19.5 Å². The zero-order chi connectivity index (χ0) is 17.3. The Hall–Kier alpha value is -0.670. The highest BCUT2D eigenvalue weighted by atomic mass is 16.3. The van der Waals surface area contributed by atoms with Crippen LogP contribution in [0.3, 0.4) is 0 Å². The largest absolute Gasteiger partial charge is 0.395 e. The molecule has 0 aliphatic carbocycles. The molecular weight excluding hydrogens is 296 g/mol. The topological polar surface area (TPSA) is 35.8 Å². The summed E-state index contributed by atoms with van der Waals surface area (Å²) in [4.78, 5) is 6.79. The van der Waals surface area contributed by atoms with Crippen LogP contribution in [0.25, 0.3) is 0 Å². The van der Waals surface area contributed by atoms with Gasteiger partial charge in [0.15, 0.2) is 0 Å². The zero-order valence-electron chi connectivity index (χ0n) is 16.0. The molecule has 0 spiro atoms. The van der Waals surface area contributed by atoms with Gasteiger partial charge in [0.2, 0.25) is 0 Å². The molecule has 0 amide bonds. The van der Waals surface area contributed by atoms with Crippen LogP contribution in [0.5, 0.6) is 0 Å². The number of hydrogen-bond donors (Lipinski definition) is 1. The first-order chi connectivity index (χ1) is 11.9. The molecule has 0 radical (unpaired) electrons. The van der Waals surface area contributed by atoms with Gasteiger partial charge in [-0.15, -0.1) is 0 Å². The van der Waals surface area contributed by atoms with Crippen molar-refractivity contribution in [1.82, 2.24) is 4.90 Å². The average Bonchev–Trinajstić information content (AvgIpc) is 3.03. The van der Waals surface area contributed by atoms with Crippen LogP contribution < -0.4 is 0 Å². The van der Waals surface area contributed by atoms with Crippen molar-refractivity contribution in [3.05, 3.63) is 12.2 Å². The van der Waals surface area contributed by atoms with Crippen molar-refractivity contribution in [3.8, 4) is 0 Å². The van der Waals surface area contributed by atoms with Gasteiger partial charge in [0.1, 0.15) is 6.17 Å². The first-order valence-electron chi connectivity index (χ1n) is 10.4. The SMILES string of the molecule is CCCC/C=C/CCCCCCCCCCC1N=CCN1CCO. The highest BCUT2D eigenvalue weighted by Gasteiger charge is 2.19. The second kappa shape index (κ2) is 15.8. The summed E-state index contributed by atoms with van der Waals surface area (Å²) in [5.41, 5.74) is 0. The van der Waals surface area contributed by atoms with Crippen molar-refractivity contribution in [2.24, 2.45) is 4.99 Å². The number of aliphatic hydroxyl groups excluding tert-OH is 1. The van der Waals surface area contributed by atoms with Crippen LogP contribution in [-0.4, -0.2) is 42.1 Å². The van der Waals surface area contributed by atoms with Gasteiger partial charge in [-0.2, -0.15) is 0 Å². The maximum atomic E-state index is 9.04. The van der Waals surface area contributed by atoms with Gasteiger partial charge in [0, 0.05) is 19.3 Å². The van der Waals surface area contributed by atoms with Gasteiger partial charge in [-0.3, -0.25) is 9.89 Å². The minimum atomic E-state index is 0.244. The summed E-state index contributed by atoms with van der Waals surface area (Å²) in [7, 11) is 0. The molecule has 1 atom stereocenters. The van der Waals surface area contributed by atoms with Crippen LogP contribution in [0.2, 0.25) is 0 Å². The Morgan fingerprint density at radius 3 is 2.25 bits per heavy atom. The van der Waals surface area contributed by atoms with Crippen molar-refractivity contribution in [2.45, 2.75) is 96.6 Å². The fourth-order valence-electron chi connectivity index (χ4n) is 3.32. The fraction of sp³-hybridized carbons (Fsp3) is 0.857. The van der Waals surface area contributed by atoms with Crippen molar-refractivity contribution < 1.29 is 5.11 Å². The van der Waals surface area contributed by atoms with Gasteiger partial charge in [-0.1, -0.05) is 70.4 Å². The van der Waals surface area contributed by atoms with Gasteiger partial charge < -0.3 is 5.11 Å². The standard InChI is InChI=1S/C21H40N2O/c1-2-3-4-5-6-7-8-9-10-11-12-13-14-15-16-21-22-17-18-23(21)19-20-24/h5-6,17,21,24H,2-4,7-16,18-20H2,1H3/b6-5+. The average molecular weight is 337 g/mol. The Kier molecular flexibility index (Phi) is 14.1. The van der Waals surface area contributed by atoms with Crippen LogP contribution in [0.4, 0.5) is 0 Å². The summed E-state index contributed by atoms with van der Waals surface area (Å²) in [5, 5.41) is 9.04. The quantitative estimate of drug-likeness (QED) is 0.305. The van der Waals surface area contributed by atoms with E-state index in [0.29, 0.717) is 6.17 Å². The maximum absolute atomic E-state index is 9.04. The summed E-state index contributed by atoms with van der Waals surface area (Å²) in [6, 6.07) is 0. The Morgan fingerprint density at radius 2 is 1.58 bits per heavy atom. The molecule has 1 rings (SSSR count). The molecule has 3 nitrogen and oxygen atoms in total. The second-order valence-electron chi connectivity index (χ2n) is 7.05. The Bertz CT molecular complexity index is 328. The fourth-order valence-corrected chi connectivity index (χ4v) is 3.32. The minimum absolute atomic E-state index is 0.244. The number of rotatable bonds is 16. The zero-order valence-corrected chi connectivity index (χ0v) is 16.0. The molecule has 0 aromatic heterocycles. The highest BCUT2D eigenvalue weighted by molar-refractivity contribution is 5.62. The first kappa shape index (κ1) is 21.4. The summed E-state index contributed by atoms with van der Waals surface area (Å²) in [5.74, 6) is 0. The van der Waals surface area contributed by atoms with E-state index in [2.05, 4.69) is 29.0 Å². The van der Waals surface area contributed by atoms with Gasteiger partial charge in [-0.05, 0) is 32.1 Å². The Morgan fingerprint density at radius 1 is 0.958 bits per heavy atom. The van der Waals surface area contributed by atoms with Crippen molar-refractivity contribution in [3.63, 3.8) is 0 Å². The predicted octanol–water partition coefficient (Wildman–Crippen LogP) is 5.34. The number of aliphatic hydroxyl groups is 1. The summed E-state index contributed by atoms with van der Waals surface area (Å²) >= 11 is 0. The maximum Gasteiger partial charge on any atom is 0.102 e. The molecule has 24 heavy (non-hydrogen) atoms. The molecule has 3 heteroatoms. The molecule has 0 fully saturated rings. The molecule has 1 aliphatic heterocycles. The molecule has 0 aromatic rings. The molecule has 1 unspecified atom stereocenters. The minimum Gasteiger partial charge on any atom is -0.395 e. The van der Waals surface area contributed by atoms with Crippen LogP contribution in [-0.2, 0) is 0 Å². The van der Waals surface area contributed by atoms with Gasteiger partial charge >= 0.3 is 0 Å². The van der Waals surface area contributed by atoms with E-state index in [4.69, 9.17) is 5.11 Å². The van der Waals surface area contributed by atoms with E-state index < -0.39 is 0 Å². The van der Waals surface area contributed by atoms with E-state index in [-0.39, 0.29) is 6.61 Å². The molecule has 0 saturated carbocycles. The molecule has 0 bridgehead atoms. The highest BCUT2D eigenvalue weighted by Crippen LogP contribution is 2.16. The summed E-state index contributed by atoms with van der Waals surface area (Å²) < 4.78 is 0. The molecular formula is C21H40N2O. The molecule has 1 aliphatic rings. The Labute approximate surface area is 150 Å². The summed E-state index contributed by atoms with van der Waals surface area (Å²) in [6.45, 7) is 4.17.